The third kappa shape index (κ3) is 4.97. The van der Waals surface area contributed by atoms with Crippen molar-refractivity contribution >= 4 is 23.4 Å². The lowest BCUT2D eigenvalue weighted by atomic mass is 9.96. The number of allylic oxidation sites excluding steroid dienone is 1. The molecule has 1 aliphatic heterocycles. The third-order valence-corrected chi connectivity index (χ3v) is 6.22. The molecule has 1 atom stereocenters. The van der Waals surface area contributed by atoms with E-state index in [0.29, 0.717) is 30.0 Å². The van der Waals surface area contributed by atoms with E-state index in [1.54, 1.807) is 24.3 Å². The van der Waals surface area contributed by atoms with Crippen LogP contribution in [0.4, 0.5) is 10.1 Å². The molecule has 33 heavy (non-hydrogen) atoms. The van der Waals surface area contributed by atoms with E-state index in [1.807, 2.05) is 0 Å². The van der Waals surface area contributed by atoms with Crippen molar-refractivity contribution in [1.82, 2.24) is 4.90 Å². The zero-order valence-corrected chi connectivity index (χ0v) is 18.6. The van der Waals surface area contributed by atoms with E-state index in [4.69, 9.17) is 4.74 Å². The van der Waals surface area contributed by atoms with E-state index in [9.17, 15) is 18.8 Å². The molecule has 0 radical (unpaired) electrons. The standard InChI is InChI=1S/C26H27FN2O4/c1-33-22-9-5-8-19(16-22)25(31)28(15-14-18-6-3-2-4-7-18)23-17-24(30)29(26(23)32)21-12-10-20(27)11-13-21/h5-6,8-13,16,23H,2-4,7,14-15,17H2,1H3. The Hall–Kier alpha value is -3.48. The van der Waals surface area contributed by atoms with Gasteiger partial charge in [-0.15, -0.1) is 0 Å². The lowest BCUT2D eigenvalue weighted by Crippen LogP contribution is -2.46. The van der Waals surface area contributed by atoms with E-state index < -0.39 is 23.7 Å². The minimum absolute atomic E-state index is 0.106. The zero-order chi connectivity index (χ0) is 23.4. The Morgan fingerprint density at radius 1 is 1.15 bits per heavy atom. The normalized spacial score (nSPS) is 18.3. The second kappa shape index (κ2) is 9.98. The smallest absolute Gasteiger partial charge is 0.257 e. The lowest BCUT2D eigenvalue weighted by Gasteiger charge is -2.29. The Bertz CT molecular complexity index is 1080. The molecule has 2 aliphatic rings. The van der Waals surface area contributed by atoms with Crippen molar-refractivity contribution in [3.63, 3.8) is 0 Å². The van der Waals surface area contributed by atoms with Gasteiger partial charge in [0.2, 0.25) is 5.91 Å². The summed E-state index contributed by atoms with van der Waals surface area (Å²) in [6, 6.07) is 11.1. The molecule has 1 fully saturated rings. The lowest BCUT2D eigenvalue weighted by molar-refractivity contribution is -0.122. The van der Waals surface area contributed by atoms with Crippen molar-refractivity contribution in [2.24, 2.45) is 0 Å². The molecule has 4 rings (SSSR count). The van der Waals surface area contributed by atoms with Gasteiger partial charge >= 0.3 is 0 Å². The largest absolute Gasteiger partial charge is 0.497 e. The van der Waals surface area contributed by atoms with Crippen LogP contribution in [0, 0.1) is 5.82 Å². The molecule has 1 heterocycles. The number of benzene rings is 2. The highest BCUT2D eigenvalue weighted by molar-refractivity contribution is 6.23. The summed E-state index contributed by atoms with van der Waals surface area (Å²) in [5, 5.41) is 0. The highest BCUT2D eigenvalue weighted by Gasteiger charge is 2.44. The highest BCUT2D eigenvalue weighted by Crippen LogP contribution is 2.29. The zero-order valence-electron chi connectivity index (χ0n) is 18.6. The SMILES string of the molecule is COc1cccc(C(=O)N(CCC2=CCCCC2)C2CC(=O)N(c3ccc(F)cc3)C2=O)c1. The van der Waals surface area contributed by atoms with Crippen molar-refractivity contribution in [2.75, 3.05) is 18.6 Å². The van der Waals surface area contributed by atoms with Crippen LogP contribution in [0.1, 0.15) is 48.9 Å². The van der Waals surface area contributed by atoms with Crippen LogP contribution in [-0.2, 0) is 9.59 Å². The highest BCUT2D eigenvalue weighted by atomic mass is 19.1. The minimum Gasteiger partial charge on any atom is -0.497 e. The van der Waals surface area contributed by atoms with Gasteiger partial charge in [0.05, 0.1) is 19.2 Å². The van der Waals surface area contributed by atoms with E-state index in [-0.39, 0.29) is 12.3 Å². The second-order valence-corrected chi connectivity index (χ2v) is 8.35. The van der Waals surface area contributed by atoms with Crippen molar-refractivity contribution in [2.45, 2.75) is 44.6 Å². The number of hydrogen-bond donors (Lipinski definition) is 0. The monoisotopic (exact) mass is 450 g/mol. The predicted octanol–water partition coefficient (Wildman–Crippen LogP) is 4.50. The molecule has 0 bridgehead atoms. The van der Waals surface area contributed by atoms with Crippen LogP contribution in [0.25, 0.3) is 0 Å². The molecule has 3 amide bonds. The number of hydrogen-bond acceptors (Lipinski definition) is 4. The second-order valence-electron chi connectivity index (χ2n) is 8.35. The number of carbonyl (C=O) groups excluding carboxylic acids is 3. The van der Waals surface area contributed by atoms with E-state index in [2.05, 4.69) is 6.08 Å². The maximum absolute atomic E-state index is 13.5. The Morgan fingerprint density at radius 3 is 2.64 bits per heavy atom. The predicted molar refractivity (Wildman–Crippen MR) is 122 cm³/mol. The summed E-state index contributed by atoms with van der Waals surface area (Å²) >= 11 is 0. The first-order valence-electron chi connectivity index (χ1n) is 11.2. The molecule has 2 aromatic rings. The van der Waals surface area contributed by atoms with Gasteiger partial charge in [-0.2, -0.15) is 0 Å². The Morgan fingerprint density at radius 2 is 1.94 bits per heavy atom. The van der Waals surface area contributed by atoms with E-state index in [1.165, 1.54) is 41.8 Å². The van der Waals surface area contributed by atoms with Crippen LogP contribution in [0.15, 0.2) is 60.2 Å². The first-order chi connectivity index (χ1) is 16.0. The number of methoxy groups -OCH3 is 1. The average Bonchev–Trinajstić information content (AvgIpc) is 3.14. The molecule has 1 aliphatic carbocycles. The van der Waals surface area contributed by atoms with Gasteiger partial charge in [0.25, 0.3) is 11.8 Å². The summed E-state index contributed by atoms with van der Waals surface area (Å²) in [4.78, 5) is 42.2. The van der Waals surface area contributed by atoms with Crippen LogP contribution in [-0.4, -0.2) is 42.3 Å². The number of ether oxygens (including phenoxy) is 1. The molecule has 0 saturated carbocycles. The molecule has 0 N–H and O–H groups in total. The maximum Gasteiger partial charge on any atom is 0.257 e. The van der Waals surface area contributed by atoms with Crippen LogP contribution in [0.5, 0.6) is 5.75 Å². The van der Waals surface area contributed by atoms with E-state index in [0.717, 1.165) is 30.6 Å². The third-order valence-electron chi connectivity index (χ3n) is 6.22. The van der Waals surface area contributed by atoms with Gasteiger partial charge in [-0.05, 0) is 74.6 Å². The first-order valence-corrected chi connectivity index (χ1v) is 11.2. The van der Waals surface area contributed by atoms with Crippen molar-refractivity contribution < 1.29 is 23.5 Å². The van der Waals surface area contributed by atoms with Crippen LogP contribution >= 0.6 is 0 Å². The molecular formula is C26H27FN2O4. The maximum atomic E-state index is 13.5. The fraction of sp³-hybridized carbons (Fsp3) is 0.346. The van der Waals surface area contributed by atoms with Gasteiger partial charge < -0.3 is 9.64 Å². The Balaban J connectivity index is 1.62. The number of amides is 3. The molecule has 1 unspecified atom stereocenters. The van der Waals surface area contributed by atoms with Gasteiger partial charge in [0, 0.05) is 12.1 Å². The number of anilines is 1. The summed E-state index contributed by atoms with van der Waals surface area (Å²) in [6.45, 7) is 0.336. The van der Waals surface area contributed by atoms with Crippen molar-refractivity contribution in [1.29, 1.82) is 0 Å². The van der Waals surface area contributed by atoms with Gasteiger partial charge in [0.1, 0.15) is 17.6 Å². The average molecular weight is 451 g/mol. The molecule has 7 heteroatoms. The number of rotatable bonds is 7. The van der Waals surface area contributed by atoms with Gasteiger partial charge in [-0.1, -0.05) is 17.7 Å². The topological polar surface area (TPSA) is 66.9 Å². The van der Waals surface area contributed by atoms with Gasteiger partial charge in [0.15, 0.2) is 0 Å². The molecule has 6 nitrogen and oxygen atoms in total. The van der Waals surface area contributed by atoms with Crippen molar-refractivity contribution in [3.05, 3.63) is 71.6 Å². The van der Waals surface area contributed by atoms with Gasteiger partial charge in [-0.25, -0.2) is 9.29 Å². The first kappa shape index (κ1) is 22.7. The molecule has 172 valence electrons. The number of imide groups is 1. The molecule has 0 aromatic heterocycles. The number of carbonyl (C=O) groups is 3. The van der Waals surface area contributed by atoms with Gasteiger partial charge in [-0.3, -0.25) is 14.4 Å². The van der Waals surface area contributed by atoms with Crippen LogP contribution in [0.2, 0.25) is 0 Å². The van der Waals surface area contributed by atoms with Crippen molar-refractivity contribution in [3.8, 4) is 5.75 Å². The molecular weight excluding hydrogens is 423 g/mol. The minimum atomic E-state index is -0.912. The Kier molecular flexibility index (Phi) is 6.87. The quantitative estimate of drug-likeness (QED) is 0.460. The summed E-state index contributed by atoms with van der Waals surface area (Å²) in [5.41, 5.74) is 1.97. The molecule has 1 saturated heterocycles. The fourth-order valence-electron chi connectivity index (χ4n) is 4.44. The van der Waals surface area contributed by atoms with Crippen LogP contribution < -0.4 is 9.64 Å². The summed E-state index contributed by atoms with van der Waals surface area (Å²) < 4.78 is 18.6. The molecule has 0 spiro atoms. The summed E-state index contributed by atoms with van der Waals surface area (Å²) in [6.07, 6.45) is 7.06. The number of nitrogens with zero attached hydrogens (tertiary/aromatic N) is 2. The van der Waals surface area contributed by atoms with E-state index >= 15 is 0 Å². The summed E-state index contributed by atoms with van der Waals surface area (Å²) in [5.74, 6) is -1.11. The fourth-order valence-corrected chi connectivity index (χ4v) is 4.44. The molecule has 2 aromatic carbocycles. The number of halogens is 1. The Labute approximate surface area is 192 Å². The summed E-state index contributed by atoms with van der Waals surface area (Å²) in [7, 11) is 1.52. The van der Waals surface area contributed by atoms with Crippen LogP contribution in [0.3, 0.4) is 0 Å².